The number of anilines is 1. The largest absolute Gasteiger partial charge is 0.466 e. The normalized spacial score (nSPS) is 11.6. The summed E-state index contributed by atoms with van der Waals surface area (Å²) in [6, 6.07) is 9.61. The second-order valence-electron chi connectivity index (χ2n) is 5.40. The van der Waals surface area contributed by atoms with Crippen LogP contribution in [0.25, 0.3) is 0 Å². The van der Waals surface area contributed by atoms with Crippen LogP contribution in [0.1, 0.15) is 46.0 Å². The zero-order valence-corrected chi connectivity index (χ0v) is 14.0. The van der Waals surface area contributed by atoms with Crippen LogP contribution in [0.15, 0.2) is 30.3 Å². The van der Waals surface area contributed by atoms with Crippen LogP contribution in [0.3, 0.4) is 0 Å². The van der Waals surface area contributed by atoms with Crippen LogP contribution in [-0.4, -0.2) is 31.2 Å². The number of nitrogens with one attached hydrogen (secondary N) is 1. The van der Waals surface area contributed by atoms with Gasteiger partial charge in [0.1, 0.15) is 6.61 Å². The molecule has 23 heavy (non-hydrogen) atoms. The molecule has 0 radical (unpaired) electrons. The van der Waals surface area contributed by atoms with Crippen LogP contribution in [0.5, 0.6) is 0 Å². The van der Waals surface area contributed by atoms with Crippen LogP contribution in [0, 0.1) is 0 Å². The lowest BCUT2D eigenvalue weighted by Crippen LogP contribution is -2.29. The highest BCUT2D eigenvalue weighted by atomic mass is 16.5. The maximum Gasteiger partial charge on any atom is 0.305 e. The summed E-state index contributed by atoms with van der Waals surface area (Å²) >= 11 is 0. The maximum absolute atomic E-state index is 11.5. The minimum absolute atomic E-state index is 0.0902. The van der Waals surface area contributed by atoms with Crippen LogP contribution in [0.2, 0.25) is 0 Å². The SMILES string of the molecule is CCCC(=O)OCCC(COC(=O)CCC)Nc1ccccc1. The molecule has 1 aromatic carbocycles. The first kappa shape index (κ1) is 19.0. The highest BCUT2D eigenvalue weighted by molar-refractivity contribution is 5.69. The van der Waals surface area contributed by atoms with E-state index in [2.05, 4.69) is 5.32 Å². The molecule has 5 nitrogen and oxygen atoms in total. The molecule has 1 aromatic rings. The molecule has 0 fully saturated rings. The van der Waals surface area contributed by atoms with Crippen molar-refractivity contribution in [2.45, 2.75) is 52.0 Å². The molecule has 0 heterocycles. The summed E-state index contributed by atoms with van der Waals surface area (Å²) in [5.74, 6) is -0.385. The summed E-state index contributed by atoms with van der Waals surface area (Å²) in [6.07, 6.45) is 2.99. The van der Waals surface area contributed by atoms with Gasteiger partial charge < -0.3 is 14.8 Å². The molecule has 5 heteroatoms. The Kier molecular flexibility index (Phi) is 9.52. The zero-order chi connectivity index (χ0) is 16.9. The molecule has 0 aliphatic heterocycles. The van der Waals surface area contributed by atoms with Crippen molar-refractivity contribution in [1.29, 1.82) is 0 Å². The Morgan fingerprint density at radius 3 is 2.22 bits per heavy atom. The van der Waals surface area contributed by atoms with E-state index >= 15 is 0 Å². The van der Waals surface area contributed by atoms with Crippen molar-refractivity contribution in [3.63, 3.8) is 0 Å². The van der Waals surface area contributed by atoms with E-state index in [0.717, 1.165) is 18.5 Å². The zero-order valence-electron chi connectivity index (χ0n) is 14.0. The fourth-order valence-corrected chi connectivity index (χ4v) is 2.03. The molecule has 0 aromatic heterocycles. The summed E-state index contributed by atoms with van der Waals surface area (Å²) < 4.78 is 10.5. The number of carbonyl (C=O) groups is 2. The summed E-state index contributed by atoms with van der Waals surface area (Å²) in [4.78, 5) is 22.9. The van der Waals surface area contributed by atoms with E-state index in [9.17, 15) is 9.59 Å². The van der Waals surface area contributed by atoms with Gasteiger partial charge in [-0.3, -0.25) is 9.59 Å². The quantitative estimate of drug-likeness (QED) is 0.632. The summed E-state index contributed by atoms with van der Waals surface area (Å²) in [6.45, 7) is 4.45. The number of para-hydroxylation sites is 1. The predicted molar refractivity (Wildman–Crippen MR) is 90.2 cm³/mol. The third kappa shape index (κ3) is 8.86. The van der Waals surface area contributed by atoms with Crippen molar-refractivity contribution < 1.29 is 19.1 Å². The third-order valence-electron chi connectivity index (χ3n) is 3.23. The molecule has 0 amide bonds. The first-order valence-electron chi connectivity index (χ1n) is 8.28. The van der Waals surface area contributed by atoms with Crippen LogP contribution < -0.4 is 5.32 Å². The van der Waals surface area contributed by atoms with Crippen molar-refractivity contribution in [3.8, 4) is 0 Å². The lowest BCUT2D eigenvalue weighted by atomic mass is 10.2. The lowest BCUT2D eigenvalue weighted by Gasteiger charge is -2.20. The standard InChI is InChI=1S/C18H27NO4/c1-3-8-17(20)22-13-12-16(14-23-18(21)9-4-2)19-15-10-6-5-7-11-15/h5-7,10-11,16,19H,3-4,8-9,12-14H2,1-2H3. The number of carbonyl (C=O) groups excluding carboxylic acids is 2. The first-order chi connectivity index (χ1) is 11.2. The number of hydrogen-bond acceptors (Lipinski definition) is 5. The maximum atomic E-state index is 11.5. The molecule has 1 rings (SSSR count). The van der Waals surface area contributed by atoms with E-state index in [1.807, 2.05) is 44.2 Å². The van der Waals surface area contributed by atoms with Gasteiger partial charge in [0.15, 0.2) is 0 Å². The smallest absolute Gasteiger partial charge is 0.305 e. The molecule has 0 spiro atoms. The Balaban J connectivity index is 2.47. The Labute approximate surface area is 138 Å². The van der Waals surface area contributed by atoms with Gasteiger partial charge in [0, 0.05) is 24.9 Å². The fourth-order valence-electron chi connectivity index (χ4n) is 2.03. The van der Waals surface area contributed by atoms with Gasteiger partial charge in [-0.25, -0.2) is 0 Å². The predicted octanol–water partition coefficient (Wildman–Crippen LogP) is 3.54. The Hall–Kier alpha value is -2.04. The Morgan fingerprint density at radius 1 is 1.00 bits per heavy atom. The van der Waals surface area contributed by atoms with E-state index in [1.54, 1.807) is 0 Å². The molecule has 1 atom stereocenters. The second kappa shape index (κ2) is 11.5. The molecule has 0 bridgehead atoms. The average Bonchev–Trinajstić information content (AvgIpc) is 2.54. The van der Waals surface area contributed by atoms with Gasteiger partial charge in [-0.15, -0.1) is 0 Å². The van der Waals surface area contributed by atoms with Gasteiger partial charge in [0.05, 0.1) is 12.6 Å². The van der Waals surface area contributed by atoms with Gasteiger partial charge in [-0.2, -0.15) is 0 Å². The Morgan fingerprint density at radius 2 is 1.61 bits per heavy atom. The van der Waals surface area contributed by atoms with Crippen molar-refractivity contribution >= 4 is 17.6 Å². The number of hydrogen-bond donors (Lipinski definition) is 1. The molecule has 1 unspecified atom stereocenters. The van der Waals surface area contributed by atoms with Gasteiger partial charge in [-0.1, -0.05) is 32.0 Å². The summed E-state index contributed by atoms with van der Waals surface area (Å²) in [5.41, 5.74) is 0.948. The summed E-state index contributed by atoms with van der Waals surface area (Å²) in [7, 11) is 0. The number of ether oxygens (including phenoxy) is 2. The van der Waals surface area contributed by atoms with Gasteiger partial charge in [0.25, 0.3) is 0 Å². The molecule has 128 valence electrons. The van der Waals surface area contributed by atoms with E-state index in [1.165, 1.54) is 0 Å². The molecule has 0 aliphatic rings. The molecule has 0 saturated heterocycles. The van der Waals surface area contributed by atoms with Gasteiger partial charge >= 0.3 is 11.9 Å². The monoisotopic (exact) mass is 321 g/mol. The van der Waals surface area contributed by atoms with E-state index in [-0.39, 0.29) is 24.6 Å². The van der Waals surface area contributed by atoms with E-state index in [0.29, 0.717) is 25.9 Å². The van der Waals surface area contributed by atoms with Gasteiger partial charge in [-0.05, 0) is 25.0 Å². The van der Waals surface area contributed by atoms with Crippen molar-refractivity contribution in [1.82, 2.24) is 0 Å². The molecular weight excluding hydrogens is 294 g/mol. The van der Waals surface area contributed by atoms with Crippen molar-refractivity contribution in [2.24, 2.45) is 0 Å². The van der Waals surface area contributed by atoms with Gasteiger partial charge in [0.2, 0.25) is 0 Å². The third-order valence-corrected chi connectivity index (χ3v) is 3.23. The number of rotatable bonds is 11. The fraction of sp³-hybridized carbons (Fsp3) is 0.556. The number of benzene rings is 1. The summed E-state index contributed by atoms with van der Waals surface area (Å²) in [5, 5.41) is 3.31. The minimum Gasteiger partial charge on any atom is -0.466 e. The average molecular weight is 321 g/mol. The molecule has 0 saturated carbocycles. The molecule has 1 N–H and O–H groups in total. The van der Waals surface area contributed by atoms with Crippen molar-refractivity contribution in [3.05, 3.63) is 30.3 Å². The first-order valence-corrected chi connectivity index (χ1v) is 8.28. The lowest BCUT2D eigenvalue weighted by molar-refractivity contribution is -0.146. The number of esters is 2. The second-order valence-corrected chi connectivity index (χ2v) is 5.40. The Bertz CT molecular complexity index is 461. The highest BCUT2D eigenvalue weighted by Crippen LogP contribution is 2.10. The topological polar surface area (TPSA) is 64.6 Å². The molecule has 0 aliphatic carbocycles. The molecular formula is C18H27NO4. The minimum atomic E-state index is -0.199. The van der Waals surface area contributed by atoms with E-state index < -0.39 is 0 Å². The van der Waals surface area contributed by atoms with E-state index in [4.69, 9.17) is 9.47 Å². The van der Waals surface area contributed by atoms with Crippen LogP contribution in [-0.2, 0) is 19.1 Å². The van der Waals surface area contributed by atoms with Crippen LogP contribution >= 0.6 is 0 Å². The highest BCUT2D eigenvalue weighted by Gasteiger charge is 2.13. The van der Waals surface area contributed by atoms with Crippen LogP contribution in [0.4, 0.5) is 5.69 Å². The van der Waals surface area contributed by atoms with Crippen molar-refractivity contribution in [2.75, 3.05) is 18.5 Å².